The number of aliphatic hydroxyl groups is 6. The molecule has 0 unspecified atom stereocenters. The monoisotopic (exact) mass is 749 g/mol. The number of hydrogen-bond acceptors (Lipinski definition) is 9. The van der Waals surface area contributed by atoms with Crippen molar-refractivity contribution in [2.45, 2.75) is 190 Å². The summed E-state index contributed by atoms with van der Waals surface area (Å²) in [7, 11) is 0. The molecule has 1 amide bonds. The summed E-state index contributed by atoms with van der Waals surface area (Å²) in [5.74, 6) is -0.372. The van der Waals surface area contributed by atoms with Crippen LogP contribution in [0.5, 0.6) is 0 Å². The molecule has 0 radical (unpaired) electrons. The van der Waals surface area contributed by atoms with Gasteiger partial charge in [-0.3, -0.25) is 4.79 Å². The fraction of sp³-hybridized carbons (Fsp3) is 0.821. The van der Waals surface area contributed by atoms with Crippen molar-refractivity contribution in [3.63, 3.8) is 0 Å². The molecule has 1 saturated heterocycles. The lowest BCUT2D eigenvalue weighted by Gasteiger charge is -2.40. The van der Waals surface area contributed by atoms with Crippen LogP contribution in [-0.2, 0) is 26.9 Å². The van der Waals surface area contributed by atoms with Gasteiger partial charge in [0.05, 0.1) is 30.9 Å². The number of rotatable bonds is 28. The summed E-state index contributed by atoms with van der Waals surface area (Å²) in [5, 5.41) is 64.7. The summed E-state index contributed by atoms with van der Waals surface area (Å²) in [6, 6.07) is 4.09. The fourth-order valence-corrected chi connectivity index (χ4v) is 6.55. The minimum atomic E-state index is -4.36. The molecule has 1 aromatic carbocycles. The van der Waals surface area contributed by atoms with E-state index in [4.69, 9.17) is 9.47 Å². The molecule has 302 valence electrons. The normalized spacial score (nSPS) is 22.6. The topological polar surface area (TPSA) is 169 Å². The van der Waals surface area contributed by atoms with Gasteiger partial charge in [0.25, 0.3) is 0 Å². The lowest BCUT2D eigenvalue weighted by atomic mass is 9.98. The van der Waals surface area contributed by atoms with E-state index in [1.165, 1.54) is 63.5 Å². The third-order valence-corrected chi connectivity index (χ3v) is 9.95. The smallest absolute Gasteiger partial charge is 0.394 e. The lowest BCUT2D eigenvalue weighted by Crippen LogP contribution is -2.60. The summed E-state index contributed by atoms with van der Waals surface area (Å²) in [6.07, 6.45) is 4.41. The molecule has 1 aromatic rings. The standard InChI is InChI=1S/C39H66F3NO9/c1-2-3-4-5-6-7-8-9-10-11-14-17-20-31(45)34(47)30(27-51-38-37(50)36(49)35(48)32(26-44)52-38)43-33(46)21-18-15-12-13-16-19-28-22-24-29(25-23-28)39(40,41)42/h22-25,30-32,34-38,44-45,47-50H,2-21,26-27H2,1H3,(H,43,46)/t30-,31+,32+,34-,35-,36-,37+,38-/m0/s1. The predicted molar refractivity (Wildman–Crippen MR) is 192 cm³/mol. The van der Waals surface area contributed by atoms with Crippen LogP contribution in [0, 0.1) is 0 Å². The molecule has 1 aliphatic rings. The first-order valence-corrected chi connectivity index (χ1v) is 19.6. The molecule has 0 bridgehead atoms. The van der Waals surface area contributed by atoms with E-state index in [1.54, 1.807) is 0 Å². The van der Waals surface area contributed by atoms with Crippen LogP contribution < -0.4 is 5.32 Å². The summed E-state index contributed by atoms with van der Waals surface area (Å²) in [5.41, 5.74) is 0.169. The van der Waals surface area contributed by atoms with E-state index in [2.05, 4.69) is 12.2 Å². The molecule has 1 aliphatic heterocycles. The van der Waals surface area contributed by atoms with Crippen LogP contribution in [0.15, 0.2) is 24.3 Å². The van der Waals surface area contributed by atoms with Gasteiger partial charge in [0.15, 0.2) is 6.29 Å². The number of ether oxygens (including phenoxy) is 2. The van der Waals surface area contributed by atoms with Gasteiger partial charge in [-0.1, -0.05) is 115 Å². The quantitative estimate of drug-likeness (QED) is 0.0532. The van der Waals surface area contributed by atoms with Gasteiger partial charge >= 0.3 is 6.18 Å². The largest absolute Gasteiger partial charge is 0.416 e. The Morgan fingerprint density at radius 2 is 1.33 bits per heavy atom. The molecule has 2 rings (SSSR count). The van der Waals surface area contributed by atoms with Crippen LogP contribution in [0.2, 0.25) is 0 Å². The second-order valence-corrected chi connectivity index (χ2v) is 14.4. The first-order valence-electron chi connectivity index (χ1n) is 19.6. The Balaban J connectivity index is 1.78. The summed E-state index contributed by atoms with van der Waals surface area (Å²) >= 11 is 0. The second-order valence-electron chi connectivity index (χ2n) is 14.4. The van der Waals surface area contributed by atoms with E-state index < -0.39 is 67.3 Å². The zero-order valence-corrected chi connectivity index (χ0v) is 31.0. The first kappa shape index (κ1) is 46.3. The Hall–Kier alpha value is -1.84. The molecule has 0 aromatic heterocycles. The zero-order chi connectivity index (χ0) is 38.4. The van der Waals surface area contributed by atoms with E-state index in [-0.39, 0.29) is 18.9 Å². The van der Waals surface area contributed by atoms with Crippen molar-refractivity contribution in [1.82, 2.24) is 5.32 Å². The highest BCUT2D eigenvalue weighted by atomic mass is 19.4. The van der Waals surface area contributed by atoms with E-state index in [0.29, 0.717) is 25.7 Å². The SMILES string of the molecule is CCCCCCCCCCCCCC[C@@H](O)[C@@H](O)[C@H](CO[C@H]1O[C@H](CO)[C@H](O)[C@H](O)[C@H]1O)NC(=O)CCCCCCCc1ccc(C(F)(F)F)cc1. The van der Waals surface area contributed by atoms with Gasteiger partial charge in [-0.05, 0) is 43.4 Å². The molecule has 7 N–H and O–H groups in total. The molecule has 1 heterocycles. The molecule has 10 nitrogen and oxygen atoms in total. The Labute approximate surface area is 308 Å². The number of carbonyl (C=O) groups is 1. The highest BCUT2D eigenvalue weighted by molar-refractivity contribution is 5.76. The molecule has 13 heteroatoms. The molecule has 52 heavy (non-hydrogen) atoms. The Morgan fingerprint density at radius 3 is 1.88 bits per heavy atom. The third kappa shape index (κ3) is 18.0. The first-order chi connectivity index (χ1) is 24.9. The molecule has 0 spiro atoms. The van der Waals surface area contributed by atoms with Crippen LogP contribution in [0.1, 0.15) is 140 Å². The molecular weight excluding hydrogens is 683 g/mol. The van der Waals surface area contributed by atoms with Crippen molar-refractivity contribution in [2.24, 2.45) is 0 Å². The van der Waals surface area contributed by atoms with Crippen LogP contribution >= 0.6 is 0 Å². The van der Waals surface area contributed by atoms with E-state index in [1.807, 2.05) is 0 Å². The number of carbonyl (C=O) groups excluding carboxylic acids is 1. The second kappa shape index (κ2) is 26.0. The van der Waals surface area contributed by atoms with Crippen LogP contribution in [0.4, 0.5) is 13.2 Å². The number of alkyl halides is 3. The van der Waals surface area contributed by atoms with Crippen molar-refractivity contribution < 1.29 is 58.1 Å². The number of nitrogens with one attached hydrogen (secondary N) is 1. The molecule has 1 fully saturated rings. The number of hydrogen-bond donors (Lipinski definition) is 7. The van der Waals surface area contributed by atoms with E-state index >= 15 is 0 Å². The van der Waals surface area contributed by atoms with Gasteiger partial charge in [0.2, 0.25) is 5.91 Å². The molecular formula is C39H66F3NO9. The van der Waals surface area contributed by atoms with Gasteiger partial charge in [-0.2, -0.15) is 13.2 Å². The van der Waals surface area contributed by atoms with Gasteiger partial charge in [-0.15, -0.1) is 0 Å². The maximum absolute atomic E-state index is 12.9. The van der Waals surface area contributed by atoms with Crippen molar-refractivity contribution in [3.8, 4) is 0 Å². The van der Waals surface area contributed by atoms with Gasteiger partial charge in [0, 0.05) is 6.42 Å². The highest BCUT2D eigenvalue weighted by Gasteiger charge is 2.44. The van der Waals surface area contributed by atoms with Gasteiger partial charge in [-0.25, -0.2) is 0 Å². The number of benzene rings is 1. The Bertz CT molecular complexity index is 1060. The van der Waals surface area contributed by atoms with Crippen LogP contribution in [-0.4, -0.2) is 98.7 Å². The minimum Gasteiger partial charge on any atom is -0.394 e. The summed E-state index contributed by atoms with van der Waals surface area (Å²) < 4.78 is 49.3. The average Bonchev–Trinajstić information content (AvgIpc) is 3.12. The third-order valence-electron chi connectivity index (χ3n) is 9.95. The van der Waals surface area contributed by atoms with Crippen molar-refractivity contribution >= 4 is 5.91 Å². The summed E-state index contributed by atoms with van der Waals surface area (Å²) in [6.45, 7) is 1.20. The number of aliphatic hydroxyl groups excluding tert-OH is 6. The predicted octanol–water partition coefficient (Wildman–Crippen LogP) is 5.70. The minimum absolute atomic E-state index is 0.150. The maximum atomic E-state index is 12.9. The van der Waals surface area contributed by atoms with Crippen molar-refractivity contribution in [2.75, 3.05) is 13.2 Å². The van der Waals surface area contributed by atoms with Crippen molar-refractivity contribution in [3.05, 3.63) is 35.4 Å². The lowest BCUT2D eigenvalue weighted by molar-refractivity contribution is -0.303. The maximum Gasteiger partial charge on any atom is 0.416 e. The fourth-order valence-electron chi connectivity index (χ4n) is 6.55. The Kier molecular flexibility index (Phi) is 23.2. The number of aryl methyl sites for hydroxylation is 1. The van der Waals surface area contributed by atoms with Crippen molar-refractivity contribution in [1.29, 1.82) is 0 Å². The molecule has 0 aliphatic carbocycles. The Morgan fingerprint density at radius 1 is 0.788 bits per heavy atom. The number of halogens is 3. The average molecular weight is 750 g/mol. The van der Waals surface area contributed by atoms with E-state index in [9.17, 15) is 48.6 Å². The molecule has 0 saturated carbocycles. The van der Waals surface area contributed by atoms with Gasteiger partial charge < -0.3 is 45.4 Å². The number of unbranched alkanes of at least 4 members (excludes halogenated alkanes) is 15. The highest BCUT2D eigenvalue weighted by Crippen LogP contribution is 2.29. The van der Waals surface area contributed by atoms with Gasteiger partial charge in [0.1, 0.15) is 30.5 Å². The molecule has 8 atom stereocenters. The zero-order valence-electron chi connectivity index (χ0n) is 31.0. The van der Waals surface area contributed by atoms with Crippen LogP contribution in [0.25, 0.3) is 0 Å². The number of amides is 1. The van der Waals surface area contributed by atoms with E-state index in [0.717, 1.165) is 62.6 Å². The van der Waals surface area contributed by atoms with Crippen LogP contribution in [0.3, 0.4) is 0 Å². The summed E-state index contributed by atoms with van der Waals surface area (Å²) in [4.78, 5) is 12.9.